The van der Waals surface area contributed by atoms with E-state index in [1.807, 2.05) is 12.1 Å². The molecule has 1 aliphatic rings. The SMILES string of the molecule is COC1=C(OC)C(=O)C(CCCCCCCCCCOc2cccnn2)=C(C)C1=O. The molecule has 1 heterocycles. The predicted molar refractivity (Wildman–Crippen MR) is 113 cm³/mol. The molecule has 164 valence electrons. The normalized spacial score (nSPS) is 14.4. The van der Waals surface area contributed by atoms with Crippen molar-refractivity contribution in [3.8, 4) is 5.88 Å². The second-order valence-electron chi connectivity index (χ2n) is 7.32. The lowest BCUT2D eigenvalue weighted by atomic mass is 9.89. The molecule has 1 aromatic rings. The summed E-state index contributed by atoms with van der Waals surface area (Å²) in [5, 5.41) is 7.67. The Hall–Kier alpha value is -2.70. The Balaban J connectivity index is 1.56. The molecule has 0 aromatic carbocycles. The molecule has 0 atom stereocenters. The van der Waals surface area contributed by atoms with Gasteiger partial charge in [-0.3, -0.25) is 9.59 Å². The zero-order valence-electron chi connectivity index (χ0n) is 18.2. The van der Waals surface area contributed by atoms with Crippen molar-refractivity contribution in [3.63, 3.8) is 0 Å². The predicted octanol–water partition coefficient (Wildman–Crippen LogP) is 4.34. The number of allylic oxidation sites excluding steroid dienone is 2. The molecule has 2 rings (SSSR count). The number of nitrogens with zero attached hydrogens (tertiary/aromatic N) is 2. The number of hydrogen-bond acceptors (Lipinski definition) is 7. The second-order valence-corrected chi connectivity index (χ2v) is 7.32. The highest BCUT2D eigenvalue weighted by molar-refractivity contribution is 6.23. The fourth-order valence-corrected chi connectivity index (χ4v) is 3.50. The Morgan fingerprint density at radius 2 is 1.43 bits per heavy atom. The number of hydrogen-bond donors (Lipinski definition) is 0. The third-order valence-corrected chi connectivity index (χ3v) is 5.21. The van der Waals surface area contributed by atoms with Gasteiger partial charge in [-0.2, -0.15) is 5.10 Å². The van der Waals surface area contributed by atoms with E-state index >= 15 is 0 Å². The van der Waals surface area contributed by atoms with Crippen molar-refractivity contribution in [3.05, 3.63) is 41.0 Å². The number of rotatable bonds is 14. The lowest BCUT2D eigenvalue weighted by Crippen LogP contribution is -2.25. The van der Waals surface area contributed by atoms with Crippen molar-refractivity contribution >= 4 is 11.6 Å². The molecule has 7 heteroatoms. The first-order valence-corrected chi connectivity index (χ1v) is 10.6. The first-order chi connectivity index (χ1) is 14.6. The largest absolute Gasteiger partial charge is 0.489 e. The number of ketones is 2. The quantitative estimate of drug-likeness (QED) is 0.329. The minimum Gasteiger partial charge on any atom is -0.489 e. The van der Waals surface area contributed by atoms with Crippen LogP contribution in [0.2, 0.25) is 0 Å². The van der Waals surface area contributed by atoms with Gasteiger partial charge in [0.2, 0.25) is 29.0 Å². The summed E-state index contributed by atoms with van der Waals surface area (Å²) in [4.78, 5) is 24.9. The van der Waals surface area contributed by atoms with Gasteiger partial charge in [-0.1, -0.05) is 38.5 Å². The van der Waals surface area contributed by atoms with Crippen molar-refractivity contribution in [2.24, 2.45) is 0 Å². The molecule has 0 fully saturated rings. The van der Waals surface area contributed by atoms with Crippen LogP contribution in [0.4, 0.5) is 0 Å². The Morgan fingerprint density at radius 1 is 0.833 bits per heavy atom. The minimum atomic E-state index is -0.257. The van der Waals surface area contributed by atoms with Crippen LogP contribution < -0.4 is 4.74 Å². The van der Waals surface area contributed by atoms with E-state index in [1.165, 1.54) is 33.5 Å². The third kappa shape index (κ3) is 6.68. The molecule has 0 radical (unpaired) electrons. The van der Waals surface area contributed by atoms with Crippen LogP contribution in [0.5, 0.6) is 5.88 Å². The van der Waals surface area contributed by atoms with Gasteiger partial charge < -0.3 is 14.2 Å². The summed E-state index contributed by atoms with van der Waals surface area (Å²) >= 11 is 0. The number of ether oxygens (including phenoxy) is 3. The van der Waals surface area contributed by atoms with Gasteiger partial charge in [0.25, 0.3) is 0 Å². The number of unbranched alkanes of at least 4 members (excludes halogenated alkanes) is 7. The van der Waals surface area contributed by atoms with Crippen molar-refractivity contribution in [2.45, 2.75) is 64.7 Å². The van der Waals surface area contributed by atoms with E-state index in [2.05, 4.69) is 10.2 Å². The number of carbonyl (C=O) groups is 2. The minimum absolute atomic E-state index is 0.00541. The van der Waals surface area contributed by atoms with Gasteiger partial charge in [0.1, 0.15) is 0 Å². The maximum Gasteiger partial charge on any atom is 0.233 e. The molecule has 0 N–H and O–H groups in total. The summed E-state index contributed by atoms with van der Waals surface area (Å²) in [7, 11) is 2.77. The monoisotopic (exact) mass is 416 g/mol. The van der Waals surface area contributed by atoms with E-state index in [-0.39, 0.29) is 23.1 Å². The van der Waals surface area contributed by atoms with Crippen LogP contribution in [0.15, 0.2) is 41.0 Å². The number of carbonyl (C=O) groups excluding carboxylic acids is 2. The first-order valence-electron chi connectivity index (χ1n) is 10.6. The van der Waals surface area contributed by atoms with Gasteiger partial charge in [-0.05, 0) is 32.3 Å². The van der Waals surface area contributed by atoms with E-state index in [0.29, 0.717) is 30.1 Å². The molecule has 0 unspecified atom stereocenters. The molecule has 0 saturated heterocycles. The molecule has 30 heavy (non-hydrogen) atoms. The number of aromatic nitrogens is 2. The highest BCUT2D eigenvalue weighted by Crippen LogP contribution is 2.28. The summed E-state index contributed by atoms with van der Waals surface area (Å²) in [6, 6.07) is 3.62. The fourth-order valence-electron chi connectivity index (χ4n) is 3.50. The maximum absolute atomic E-state index is 12.6. The van der Waals surface area contributed by atoms with Crippen LogP contribution in [0, 0.1) is 0 Å². The summed E-state index contributed by atoms with van der Waals surface area (Å²) in [6.45, 7) is 2.36. The Bertz CT molecular complexity index is 771. The summed E-state index contributed by atoms with van der Waals surface area (Å²) < 4.78 is 15.7. The van der Waals surface area contributed by atoms with E-state index in [9.17, 15) is 9.59 Å². The van der Waals surface area contributed by atoms with Crippen LogP contribution in [0.1, 0.15) is 64.7 Å². The molecule has 7 nitrogen and oxygen atoms in total. The summed E-state index contributed by atoms with van der Waals surface area (Å²) in [5.74, 6) is 0.118. The summed E-state index contributed by atoms with van der Waals surface area (Å²) in [5.41, 5.74) is 1.03. The zero-order chi connectivity index (χ0) is 21.8. The van der Waals surface area contributed by atoms with Gasteiger partial charge >= 0.3 is 0 Å². The van der Waals surface area contributed by atoms with Gasteiger partial charge in [-0.25, -0.2) is 0 Å². The molecule has 1 aliphatic carbocycles. The highest BCUT2D eigenvalue weighted by Gasteiger charge is 2.34. The fraction of sp³-hybridized carbons (Fsp3) is 0.565. The molecule has 0 spiro atoms. The van der Waals surface area contributed by atoms with Gasteiger partial charge in [0.05, 0.1) is 20.8 Å². The van der Waals surface area contributed by atoms with Crippen LogP contribution in [0.25, 0.3) is 0 Å². The lowest BCUT2D eigenvalue weighted by molar-refractivity contribution is -0.121. The Kier molecular flexibility index (Phi) is 10.0. The third-order valence-electron chi connectivity index (χ3n) is 5.21. The molecule has 1 aromatic heterocycles. The van der Waals surface area contributed by atoms with Gasteiger partial charge in [0.15, 0.2) is 0 Å². The van der Waals surface area contributed by atoms with Crippen molar-refractivity contribution in [1.29, 1.82) is 0 Å². The smallest absolute Gasteiger partial charge is 0.233 e. The number of Topliss-reactive ketones (excluding diaryl/α,β-unsaturated/α-hetero) is 2. The molecule has 0 saturated carbocycles. The average Bonchev–Trinajstić information content (AvgIpc) is 2.77. The first kappa shape index (κ1) is 23.6. The molecular weight excluding hydrogens is 384 g/mol. The zero-order valence-corrected chi connectivity index (χ0v) is 18.2. The second kappa shape index (κ2) is 12.8. The Labute approximate surface area is 178 Å². The lowest BCUT2D eigenvalue weighted by Gasteiger charge is -2.20. The maximum atomic E-state index is 12.6. The topological polar surface area (TPSA) is 87.6 Å². The van der Waals surface area contributed by atoms with E-state index in [4.69, 9.17) is 14.2 Å². The molecule has 0 bridgehead atoms. The number of methoxy groups -OCH3 is 2. The van der Waals surface area contributed by atoms with Crippen molar-refractivity contribution < 1.29 is 23.8 Å². The Morgan fingerprint density at radius 3 is 2.03 bits per heavy atom. The van der Waals surface area contributed by atoms with E-state index in [1.54, 1.807) is 13.1 Å². The molecular formula is C23H32N2O5. The van der Waals surface area contributed by atoms with Gasteiger partial charge in [0, 0.05) is 23.4 Å². The van der Waals surface area contributed by atoms with Gasteiger partial charge in [-0.15, -0.1) is 5.10 Å². The highest BCUT2D eigenvalue weighted by atomic mass is 16.5. The van der Waals surface area contributed by atoms with Crippen molar-refractivity contribution in [1.82, 2.24) is 10.2 Å². The molecule has 0 amide bonds. The van der Waals surface area contributed by atoms with Crippen LogP contribution >= 0.6 is 0 Å². The van der Waals surface area contributed by atoms with Crippen LogP contribution in [0.3, 0.4) is 0 Å². The molecule has 0 aliphatic heterocycles. The van der Waals surface area contributed by atoms with E-state index in [0.717, 1.165) is 32.1 Å². The summed E-state index contributed by atoms with van der Waals surface area (Å²) in [6.07, 6.45) is 11.0. The van der Waals surface area contributed by atoms with E-state index < -0.39 is 0 Å². The van der Waals surface area contributed by atoms with Crippen molar-refractivity contribution in [2.75, 3.05) is 20.8 Å². The average molecular weight is 417 g/mol. The van der Waals surface area contributed by atoms with Crippen LogP contribution in [-0.4, -0.2) is 42.6 Å². The standard InChI is InChI=1S/C23H32N2O5/c1-17-18(21(27)23(29-3)22(28-2)20(17)26)13-10-8-6-4-5-7-9-11-16-30-19-14-12-15-24-25-19/h12,14-15H,4-11,13,16H2,1-3H3. The van der Waals surface area contributed by atoms with Crippen LogP contribution in [-0.2, 0) is 19.1 Å².